The number of aliphatic hydroxyl groups is 1. The first-order valence-electron chi connectivity index (χ1n) is 5.81. The molecule has 2 atom stereocenters. The maximum absolute atomic E-state index is 11.0. The van der Waals surface area contributed by atoms with Crippen LogP contribution in [-0.4, -0.2) is 31.6 Å². The van der Waals surface area contributed by atoms with Crippen LogP contribution in [-0.2, 0) is 9.84 Å². The van der Waals surface area contributed by atoms with Gasteiger partial charge in [0.25, 0.3) is 0 Å². The van der Waals surface area contributed by atoms with Crippen molar-refractivity contribution in [1.82, 2.24) is 0 Å². The third-order valence-electron chi connectivity index (χ3n) is 2.92. The highest BCUT2D eigenvalue weighted by Crippen LogP contribution is 2.21. The molecule has 0 aliphatic heterocycles. The summed E-state index contributed by atoms with van der Waals surface area (Å²) in [5, 5.41) is 9.97. The van der Waals surface area contributed by atoms with E-state index < -0.39 is 15.9 Å². The fraction of sp³-hybridized carbons (Fsp3) is 0.538. The Morgan fingerprint density at radius 1 is 1.24 bits per heavy atom. The van der Waals surface area contributed by atoms with Gasteiger partial charge in [-0.1, -0.05) is 37.3 Å². The van der Waals surface area contributed by atoms with Crippen LogP contribution in [0.4, 0.5) is 0 Å². The Morgan fingerprint density at radius 3 is 2.35 bits per heavy atom. The van der Waals surface area contributed by atoms with Crippen LogP contribution in [0, 0.1) is 0 Å². The minimum Gasteiger partial charge on any atom is -0.393 e. The van der Waals surface area contributed by atoms with E-state index in [-0.39, 0.29) is 11.7 Å². The summed E-state index contributed by atoms with van der Waals surface area (Å²) in [5.74, 6) is 0.182. The standard InChI is InChI=1S/C13H20O3S/c1-11(12-7-4-3-5-8-12)13(14)9-6-10-17(2,15)16/h3-5,7-8,11,13-14H,6,9-10H2,1-2H3. The number of sulfone groups is 1. The molecule has 17 heavy (non-hydrogen) atoms. The minimum absolute atomic E-state index is 0.0377. The van der Waals surface area contributed by atoms with Gasteiger partial charge in [0.05, 0.1) is 6.10 Å². The van der Waals surface area contributed by atoms with Crippen molar-refractivity contribution in [2.24, 2.45) is 0 Å². The van der Waals surface area contributed by atoms with Crippen molar-refractivity contribution in [3.8, 4) is 0 Å². The average Bonchev–Trinajstić information content (AvgIpc) is 2.27. The van der Waals surface area contributed by atoms with Gasteiger partial charge in [0.2, 0.25) is 0 Å². The van der Waals surface area contributed by atoms with Gasteiger partial charge in [-0.05, 0) is 18.4 Å². The van der Waals surface area contributed by atoms with E-state index in [4.69, 9.17) is 0 Å². The highest BCUT2D eigenvalue weighted by Gasteiger charge is 2.16. The molecule has 1 rings (SSSR count). The van der Waals surface area contributed by atoms with Crippen LogP contribution < -0.4 is 0 Å². The van der Waals surface area contributed by atoms with E-state index in [1.54, 1.807) is 0 Å². The Labute approximate surface area is 103 Å². The maximum Gasteiger partial charge on any atom is 0.147 e. The Kier molecular flexibility index (Phi) is 5.15. The lowest BCUT2D eigenvalue weighted by molar-refractivity contribution is 0.139. The molecule has 3 nitrogen and oxygen atoms in total. The highest BCUT2D eigenvalue weighted by atomic mass is 32.2. The number of hydrogen-bond donors (Lipinski definition) is 1. The second-order valence-corrected chi connectivity index (χ2v) is 6.80. The largest absolute Gasteiger partial charge is 0.393 e. The van der Waals surface area contributed by atoms with Crippen molar-refractivity contribution in [2.45, 2.75) is 31.8 Å². The molecule has 1 aromatic carbocycles. The number of rotatable bonds is 6. The molecule has 0 heterocycles. The zero-order valence-corrected chi connectivity index (χ0v) is 11.2. The topological polar surface area (TPSA) is 54.4 Å². The van der Waals surface area contributed by atoms with Gasteiger partial charge in [-0.15, -0.1) is 0 Å². The summed E-state index contributed by atoms with van der Waals surface area (Å²) in [6.07, 6.45) is 1.76. The molecule has 0 fully saturated rings. The molecule has 4 heteroatoms. The normalized spacial score (nSPS) is 15.5. The quantitative estimate of drug-likeness (QED) is 0.846. The zero-order chi connectivity index (χ0) is 12.9. The van der Waals surface area contributed by atoms with Crippen LogP contribution in [0.25, 0.3) is 0 Å². The SMILES string of the molecule is CC(c1ccccc1)C(O)CCCS(C)(=O)=O. The molecule has 0 aliphatic carbocycles. The van der Waals surface area contributed by atoms with Crippen LogP contribution in [0.15, 0.2) is 30.3 Å². The second-order valence-electron chi connectivity index (χ2n) is 4.54. The van der Waals surface area contributed by atoms with Gasteiger partial charge < -0.3 is 5.11 Å². The fourth-order valence-corrected chi connectivity index (χ4v) is 2.47. The van der Waals surface area contributed by atoms with E-state index >= 15 is 0 Å². The first-order chi connectivity index (χ1) is 7.90. The predicted octanol–water partition coefficient (Wildman–Crippen LogP) is 1.98. The van der Waals surface area contributed by atoms with Crippen LogP contribution in [0.1, 0.15) is 31.2 Å². The second kappa shape index (κ2) is 6.17. The van der Waals surface area contributed by atoms with E-state index in [9.17, 15) is 13.5 Å². The molecule has 0 saturated heterocycles. The third kappa shape index (κ3) is 5.33. The zero-order valence-electron chi connectivity index (χ0n) is 10.3. The molecule has 1 N–H and O–H groups in total. The average molecular weight is 256 g/mol. The number of benzene rings is 1. The van der Waals surface area contributed by atoms with Crippen LogP contribution >= 0.6 is 0 Å². The van der Waals surface area contributed by atoms with Crippen LogP contribution in [0.2, 0.25) is 0 Å². The lowest BCUT2D eigenvalue weighted by Gasteiger charge is -2.18. The summed E-state index contributed by atoms with van der Waals surface area (Å²) in [6, 6.07) is 9.77. The lowest BCUT2D eigenvalue weighted by Crippen LogP contribution is -2.17. The molecule has 0 saturated carbocycles. The summed E-state index contributed by atoms with van der Waals surface area (Å²) in [6.45, 7) is 1.96. The minimum atomic E-state index is -2.92. The molecule has 0 radical (unpaired) electrons. The smallest absolute Gasteiger partial charge is 0.147 e. The molecule has 1 aromatic rings. The van der Waals surface area contributed by atoms with Crippen molar-refractivity contribution in [3.05, 3.63) is 35.9 Å². The van der Waals surface area contributed by atoms with Gasteiger partial charge in [-0.2, -0.15) is 0 Å². The van der Waals surface area contributed by atoms with Gasteiger partial charge >= 0.3 is 0 Å². The highest BCUT2D eigenvalue weighted by molar-refractivity contribution is 7.90. The molecule has 96 valence electrons. The fourth-order valence-electron chi connectivity index (χ4n) is 1.78. The van der Waals surface area contributed by atoms with Crippen molar-refractivity contribution < 1.29 is 13.5 Å². The maximum atomic E-state index is 11.0. The Hall–Kier alpha value is -0.870. The summed E-state index contributed by atoms with van der Waals surface area (Å²) in [5.41, 5.74) is 1.08. The van der Waals surface area contributed by atoms with Crippen molar-refractivity contribution >= 4 is 9.84 Å². The monoisotopic (exact) mass is 256 g/mol. The van der Waals surface area contributed by atoms with Crippen molar-refractivity contribution in [3.63, 3.8) is 0 Å². The molecule has 0 spiro atoms. The number of aliphatic hydroxyl groups excluding tert-OH is 1. The first-order valence-corrected chi connectivity index (χ1v) is 7.87. The molecular weight excluding hydrogens is 236 g/mol. The Balaban J connectivity index is 2.45. The van der Waals surface area contributed by atoms with Gasteiger partial charge in [0, 0.05) is 17.9 Å². The molecule has 0 bridgehead atoms. The van der Waals surface area contributed by atoms with Gasteiger partial charge in [0.1, 0.15) is 9.84 Å². The van der Waals surface area contributed by atoms with E-state index in [0.717, 1.165) is 5.56 Å². The Bertz CT molecular complexity index is 425. The van der Waals surface area contributed by atoms with Gasteiger partial charge in [-0.25, -0.2) is 8.42 Å². The van der Waals surface area contributed by atoms with E-state index in [1.165, 1.54) is 6.26 Å². The summed E-state index contributed by atoms with van der Waals surface area (Å²) < 4.78 is 21.9. The van der Waals surface area contributed by atoms with Crippen molar-refractivity contribution in [1.29, 1.82) is 0 Å². The molecule has 0 aliphatic rings. The van der Waals surface area contributed by atoms with E-state index in [1.807, 2.05) is 37.3 Å². The molecular formula is C13H20O3S. The number of hydrogen-bond acceptors (Lipinski definition) is 3. The van der Waals surface area contributed by atoms with Crippen LogP contribution in [0.3, 0.4) is 0 Å². The molecule has 2 unspecified atom stereocenters. The summed E-state index contributed by atoms with van der Waals surface area (Å²) in [7, 11) is -2.92. The van der Waals surface area contributed by atoms with Crippen LogP contribution in [0.5, 0.6) is 0 Å². The summed E-state index contributed by atoms with van der Waals surface area (Å²) in [4.78, 5) is 0. The molecule has 0 aromatic heterocycles. The molecule has 0 amide bonds. The predicted molar refractivity (Wildman–Crippen MR) is 69.8 cm³/mol. The third-order valence-corrected chi connectivity index (χ3v) is 3.95. The first kappa shape index (κ1) is 14.2. The lowest BCUT2D eigenvalue weighted by atomic mass is 9.93. The summed E-state index contributed by atoms with van der Waals surface area (Å²) >= 11 is 0. The van der Waals surface area contributed by atoms with E-state index in [2.05, 4.69) is 0 Å². The van der Waals surface area contributed by atoms with Gasteiger partial charge in [-0.3, -0.25) is 0 Å². The van der Waals surface area contributed by atoms with Crippen molar-refractivity contribution in [2.75, 3.05) is 12.0 Å². The van der Waals surface area contributed by atoms with E-state index in [0.29, 0.717) is 12.8 Å². The Morgan fingerprint density at radius 2 is 1.82 bits per heavy atom. The van der Waals surface area contributed by atoms with Gasteiger partial charge in [0.15, 0.2) is 0 Å².